The first-order valence-electron chi connectivity index (χ1n) is 6.14. The van der Waals surface area contributed by atoms with Crippen LogP contribution >= 0.6 is 0 Å². The zero-order chi connectivity index (χ0) is 11.7. The van der Waals surface area contributed by atoms with Crippen molar-refractivity contribution >= 4 is 11.7 Å². The molecule has 0 bridgehead atoms. The highest BCUT2D eigenvalue weighted by molar-refractivity contribution is 5.80. The smallest absolute Gasteiger partial charge is 0.225 e. The topological polar surface area (TPSA) is 58.1 Å². The van der Waals surface area contributed by atoms with E-state index in [2.05, 4.69) is 15.3 Å². The summed E-state index contributed by atoms with van der Waals surface area (Å²) in [6.45, 7) is 1.61. The van der Waals surface area contributed by atoms with Gasteiger partial charge in [-0.25, -0.2) is 9.97 Å². The summed E-state index contributed by atoms with van der Waals surface area (Å²) in [5.41, 5.74) is 0. The van der Waals surface area contributed by atoms with Gasteiger partial charge in [0.25, 0.3) is 0 Å². The molecule has 0 atom stereocenters. The van der Waals surface area contributed by atoms with Gasteiger partial charge in [-0.15, -0.1) is 0 Å². The number of likely N-dealkylation sites (tertiary alicyclic amines) is 1. The molecule has 1 aromatic heterocycles. The van der Waals surface area contributed by atoms with Crippen LogP contribution in [0.5, 0.6) is 0 Å². The molecule has 1 aliphatic carbocycles. The zero-order valence-electron chi connectivity index (χ0n) is 9.67. The largest absolute Gasteiger partial charge is 0.364 e. The van der Waals surface area contributed by atoms with Crippen molar-refractivity contribution in [2.75, 3.05) is 18.4 Å². The minimum Gasteiger partial charge on any atom is -0.364 e. The van der Waals surface area contributed by atoms with Crippen molar-refractivity contribution in [3.05, 3.63) is 18.6 Å². The van der Waals surface area contributed by atoms with Crippen LogP contribution in [0.25, 0.3) is 0 Å². The zero-order valence-corrected chi connectivity index (χ0v) is 9.67. The van der Waals surface area contributed by atoms with Gasteiger partial charge in [0.1, 0.15) is 12.1 Å². The van der Waals surface area contributed by atoms with E-state index >= 15 is 0 Å². The van der Waals surface area contributed by atoms with Gasteiger partial charge in [-0.3, -0.25) is 4.79 Å². The molecule has 1 saturated heterocycles. The van der Waals surface area contributed by atoms with E-state index in [-0.39, 0.29) is 0 Å². The molecule has 5 nitrogen and oxygen atoms in total. The second-order valence-corrected chi connectivity index (χ2v) is 4.81. The fraction of sp³-hybridized carbons (Fsp3) is 0.583. The van der Waals surface area contributed by atoms with Crippen molar-refractivity contribution in [1.29, 1.82) is 0 Å². The van der Waals surface area contributed by atoms with E-state index in [1.807, 2.05) is 11.0 Å². The second kappa shape index (κ2) is 4.31. The lowest BCUT2D eigenvalue weighted by Gasteiger charge is -2.43. The highest BCUT2D eigenvalue weighted by Gasteiger charge is 2.36. The average molecular weight is 232 g/mol. The third-order valence-electron chi connectivity index (χ3n) is 3.58. The van der Waals surface area contributed by atoms with E-state index in [1.54, 1.807) is 6.20 Å². The molecule has 90 valence electrons. The molecule has 2 fully saturated rings. The van der Waals surface area contributed by atoms with Crippen molar-refractivity contribution in [1.82, 2.24) is 14.9 Å². The molecule has 3 rings (SSSR count). The van der Waals surface area contributed by atoms with Crippen LogP contribution in [0.15, 0.2) is 18.6 Å². The molecule has 5 heteroatoms. The first kappa shape index (κ1) is 10.5. The predicted molar refractivity (Wildman–Crippen MR) is 63.4 cm³/mol. The summed E-state index contributed by atoms with van der Waals surface area (Å²) in [4.78, 5) is 21.8. The molecule has 0 aromatic carbocycles. The number of nitrogens with one attached hydrogen (secondary N) is 1. The highest BCUT2D eigenvalue weighted by atomic mass is 16.2. The maximum Gasteiger partial charge on any atom is 0.225 e. The lowest BCUT2D eigenvalue weighted by atomic mass is 9.83. The minimum absolute atomic E-state index is 0.315. The van der Waals surface area contributed by atoms with Gasteiger partial charge in [0, 0.05) is 25.2 Å². The van der Waals surface area contributed by atoms with Crippen molar-refractivity contribution in [3.63, 3.8) is 0 Å². The van der Waals surface area contributed by atoms with E-state index in [0.29, 0.717) is 17.9 Å². The van der Waals surface area contributed by atoms with Gasteiger partial charge in [0.2, 0.25) is 5.91 Å². The summed E-state index contributed by atoms with van der Waals surface area (Å²) in [6.07, 6.45) is 6.62. The number of anilines is 1. The fourth-order valence-corrected chi connectivity index (χ4v) is 2.25. The van der Waals surface area contributed by atoms with Gasteiger partial charge in [0.15, 0.2) is 0 Å². The van der Waals surface area contributed by atoms with E-state index < -0.39 is 0 Å². The molecule has 1 saturated carbocycles. The molecule has 2 aliphatic rings. The Morgan fingerprint density at radius 3 is 2.82 bits per heavy atom. The SMILES string of the molecule is O=C(C1CCC1)N1CC(Nc2ccncn2)C1. The van der Waals surface area contributed by atoms with Crippen LogP contribution in [0, 0.1) is 5.92 Å². The monoisotopic (exact) mass is 232 g/mol. The molecular weight excluding hydrogens is 216 g/mol. The maximum absolute atomic E-state index is 11.9. The number of hydrogen-bond donors (Lipinski definition) is 1. The molecule has 2 heterocycles. The standard InChI is InChI=1S/C12H16N4O/c17-12(9-2-1-3-9)16-6-10(7-16)15-11-4-5-13-8-14-11/h4-5,8-10H,1-3,6-7H2,(H,13,14,15). The van der Waals surface area contributed by atoms with Crippen molar-refractivity contribution in [2.24, 2.45) is 5.92 Å². The van der Waals surface area contributed by atoms with Crippen LogP contribution in [-0.4, -0.2) is 39.9 Å². The number of aromatic nitrogens is 2. The Labute approximate surface area is 100 Å². The van der Waals surface area contributed by atoms with Gasteiger partial charge >= 0.3 is 0 Å². The molecular formula is C12H16N4O. The quantitative estimate of drug-likeness (QED) is 0.841. The van der Waals surface area contributed by atoms with Crippen molar-refractivity contribution in [2.45, 2.75) is 25.3 Å². The Kier molecular flexibility index (Phi) is 2.66. The van der Waals surface area contributed by atoms with Crippen LogP contribution in [0.2, 0.25) is 0 Å². The molecule has 1 N–H and O–H groups in total. The number of carbonyl (C=O) groups excluding carboxylic acids is 1. The van der Waals surface area contributed by atoms with Gasteiger partial charge in [-0.2, -0.15) is 0 Å². The number of hydrogen-bond acceptors (Lipinski definition) is 4. The predicted octanol–water partition coefficient (Wildman–Crippen LogP) is 0.899. The molecule has 0 unspecified atom stereocenters. The summed E-state index contributed by atoms with van der Waals surface area (Å²) < 4.78 is 0. The second-order valence-electron chi connectivity index (χ2n) is 4.81. The summed E-state index contributed by atoms with van der Waals surface area (Å²) in [5, 5.41) is 3.29. The van der Waals surface area contributed by atoms with Gasteiger partial charge in [-0.05, 0) is 18.9 Å². The van der Waals surface area contributed by atoms with Crippen LogP contribution in [0.4, 0.5) is 5.82 Å². The Hall–Kier alpha value is -1.65. The summed E-state index contributed by atoms with van der Waals surface area (Å²) in [5.74, 6) is 1.49. The van der Waals surface area contributed by atoms with Crippen LogP contribution in [0.1, 0.15) is 19.3 Å². The summed E-state index contributed by atoms with van der Waals surface area (Å²) >= 11 is 0. The Bertz CT molecular complexity index is 398. The van der Waals surface area contributed by atoms with Crippen LogP contribution in [0.3, 0.4) is 0 Å². The first-order valence-corrected chi connectivity index (χ1v) is 6.14. The summed E-state index contributed by atoms with van der Waals surface area (Å²) in [7, 11) is 0. The molecule has 0 radical (unpaired) electrons. The number of nitrogens with zero attached hydrogens (tertiary/aromatic N) is 3. The maximum atomic E-state index is 11.9. The Morgan fingerprint density at radius 1 is 1.41 bits per heavy atom. The third-order valence-corrected chi connectivity index (χ3v) is 3.58. The molecule has 1 aromatic rings. The molecule has 17 heavy (non-hydrogen) atoms. The normalized spacial score (nSPS) is 20.6. The summed E-state index contributed by atoms with van der Waals surface area (Å²) in [6, 6.07) is 2.19. The van der Waals surface area contributed by atoms with E-state index in [9.17, 15) is 4.79 Å². The number of amides is 1. The molecule has 1 aliphatic heterocycles. The first-order chi connectivity index (χ1) is 8.33. The van der Waals surface area contributed by atoms with Crippen LogP contribution < -0.4 is 5.32 Å². The van der Waals surface area contributed by atoms with E-state index in [4.69, 9.17) is 0 Å². The van der Waals surface area contributed by atoms with Crippen molar-refractivity contribution < 1.29 is 4.79 Å². The number of rotatable bonds is 3. The highest BCUT2D eigenvalue weighted by Crippen LogP contribution is 2.30. The molecule has 1 amide bonds. The van der Waals surface area contributed by atoms with Gasteiger partial charge < -0.3 is 10.2 Å². The average Bonchev–Trinajstić information content (AvgIpc) is 2.21. The molecule has 0 spiro atoms. The van der Waals surface area contributed by atoms with Gasteiger partial charge in [0.05, 0.1) is 6.04 Å². The number of carbonyl (C=O) groups is 1. The Morgan fingerprint density at radius 2 is 2.24 bits per heavy atom. The third kappa shape index (κ3) is 2.09. The fourth-order valence-electron chi connectivity index (χ4n) is 2.25. The van der Waals surface area contributed by atoms with Crippen molar-refractivity contribution in [3.8, 4) is 0 Å². The lowest BCUT2D eigenvalue weighted by Crippen LogP contribution is -2.59. The van der Waals surface area contributed by atoms with E-state index in [1.165, 1.54) is 12.7 Å². The minimum atomic E-state index is 0.315. The van der Waals surface area contributed by atoms with Crippen LogP contribution in [-0.2, 0) is 4.79 Å². The van der Waals surface area contributed by atoms with E-state index in [0.717, 1.165) is 31.7 Å². The lowest BCUT2D eigenvalue weighted by molar-refractivity contribution is -0.142. The van der Waals surface area contributed by atoms with Gasteiger partial charge in [-0.1, -0.05) is 6.42 Å². The Balaban J connectivity index is 1.47.